The van der Waals surface area contributed by atoms with Crippen molar-refractivity contribution >= 4 is 17.6 Å². The number of hydrogen-bond acceptors (Lipinski definition) is 2. The Kier molecular flexibility index (Phi) is 10.9. The molecule has 5 heteroatoms. The molecule has 0 unspecified atom stereocenters. The van der Waals surface area contributed by atoms with E-state index in [9.17, 15) is 4.79 Å². The van der Waals surface area contributed by atoms with Crippen molar-refractivity contribution in [2.75, 3.05) is 0 Å². The Morgan fingerprint density at radius 1 is 1.50 bits per heavy atom. The predicted molar refractivity (Wildman–Crippen MR) is 38.9 cm³/mol. The van der Waals surface area contributed by atoms with E-state index >= 15 is 0 Å². The zero-order chi connectivity index (χ0) is 8.57. The van der Waals surface area contributed by atoms with E-state index in [1.807, 2.05) is 13.8 Å². The second-order valence-electron chi connectivity index (χ2n) is 2.03. The summed E-state index contributed by atoms with van der Waals surface area (Å²) in [6.07, 6.45) is 1.64. The molecule has 0 amide bonds. The first kappa shape index (κ1) is 12.4. The zero-order valence-corrected chi connectivity index (χ0v) is 6.80. The van der Waals surface area contributed by atoms with Crippen molar-refractivity contribution in [2.45, 2.75) is 20.3 Å². The van der Waals surface area contributed by atoms with Gasteiger partial charge in [0.05, 0.1) is 0 Å². The van der Waals surface area contributed by atoms with E-state index in [4.69, 9.17) is 13.3 Å². The molecule has 0 aromatic carbocycles. The molecule has 0 aliphatic heterocycles. The molecule has 10 heavy (non-hydrogen) atoms. The quantitative estimate of drug-likeness (QED) is 0.474. The van der Waals surface area contributed by atoms with Gasteiger partial charge in [0.15, 0.2) is 0 Å². The second kappa shape index (κ2) is 8.74. The summed E-state index contributed by atoms with van der Waals surface area (Å²) in [5, 5.41) is 0. The Labute approximate surface area is 62.7 Å². The summed E-state index contributed by atoms with van der Waals surface area (Å²) >= 11 is -2.61. The first-order chi connectivity index (χ1) is 4.50. The van der Waals surface area contributed by atoms with Crippen LogP contribution in [0.25, 0.3) is 0 Å². The van der Waals surface area contributed by atoms with Crippen LogP contribution in [-0.2, 0) is 16.2 Å². The molecule has 0 aromatic heterocycles. The number of carbonyl (C=O) groups is 1. The summed E-state index contributed by atoms with van der Waals surface area (Å²) in [5.41, 5.74) is 0. The summed E-state index contributed by atoms with van der Waals surface area (Å²) in [6.45, 7) is 4.04. The highest BCUT2D eigenvalue weighted by molar-refractivity contribution is 7.73. The van der Waals surface area contributed by atoms with Gasteiger partial charge < -0.3 is 4.79 Å². The lowest BCUT2D eigenvalue weighted by Crippen LogP contribution is -1.84. The molecule has 0 saturated carbocycles. The fourth-order valence-corrected chi connectivity index (χ4v) is 0.192. The standard InChI is InChI=1S/C5H10O.H2O3S/c1-5(2)3-4-6;1-4(2)3/h4-5H,3H2,1-2H3;(H2,1,2,3). The van der Waals surface area contributed by atoms with Gasteiger partial charge in [-0.25, -0.2) is 0 Å². The Morgan fingerprint density at radius 3 is 1.80 bits per heavy atom. The third-order valence-corrected chi connectivity index (χ3v) is 0.568. The van der Waals surface area contributed by atoms with Crippen LogP contribution in [0.15, 0.2) is 0 Å². The molecule has 0 radical (unpaired) electrons. The van der Waals surface area contributed by atoms with E-state index in [0.717, 1.165) is 6.29 Å². The lowest BCUT2D eigenvalue weighted by atomic mass is 10.2. The van der Waals surface area contributed by atoms with Crippen LogP contribution in [0.4, 0.5) is 0 Å². The maximum absolute atomic E-state index is 9.62. The number of aldehydes is 1. The van der Waals surface area contributed by atoms with Crippen molar-refractivity contribution < 1.29 is 18.1 Å². The first-order valence-corrected chi connectivity index (χ1v) is 3.80. The summed E-state index contributed by atoms with van der Waals surface area (Å²) in [5.74, 6) is 0.530. The average molecular weight is 168 g/mol. The van der Waals surface area contributed by atoms with Crippen LogP contribution in [0.2, 0.25) is 0 Å². The van der Waals surface area contributed by atoms with Crippen molar-refractivity contribution in [3.63, 3.8) is 0 Å². The third kappa shape index (κ3) is 46.8. The third-order valence-electron chi connectivity index (χ3n) is 0.568. The van der Waals surface area contributed by atoms with Gasteiger partial charge in [-0.2, -0.15) is 4.21 Å². The van der Waals surface area contributed by atoms with Crippen molar-refractivity contribution in [3.05, 3.63) is 0 Å². The molecule has 0 atom stereocenters. The normalized spacial score (nSPS) is 9.00. The van der Waals surface area contributed by atoms with Crippen LogP contribution in [0, 0.1) is 5.92 Å². The Hall–Kier alpha value is -0.260. The molecule has 0 aliphatic carbocycles. The van der Waals surface area contributed by atoms with Gasteiger partial charge in [-0.05, 0) is 5.92 Å². The Bertz CT molecular complexity index is 97.8. The smallest absolute Gasteiger partial charge is 0.299 e. The maximum Gasteiger partial charge on any atom is 0.299 e. The van der Waals surface area contributed by atoms with Gasteiger partial charge in [-0.15, -0.1) is 0 Å². The van der Waals surface area contributed by atoms with Crippen LogP contribution in [0.1, 0.15) is 20.3 Å². The minimum Gasteiger partial charge on any atom is -0.303 e. The summed E-state index contributed by atoms with van der Waals surface area (Å²) in [4.78, 5) is 9.62. The Balaban J connectivity index is 0. The molecule has 0 fully saturated rings. The van der Waals surface area contributed by atoms with E-state index < -0.39 is 11.4 Å². The fraction of sp³-hybridized carbons (Fsp3) is 0.800. The van der Waals surface area contributed by atoms with Crippen LogP contribution >= 0.6 is 0 Å². The molecular formula is C5H12O4S. The summed E-state index contributed by atoms with van der Waals surface area (Å²) in [7, 11) is 0. The summed E-state index contributed by atoms with van der Waals surface area (Å²) < 4.78 is 22.8. The van der Waals surface area contributed by atoms with Gasteiger partial charge in [0.2, 0.25) is 0 Å². The topological polar surface area (TPSA) is 74.6 Å². The van der Waals surface area contributed by atoms with Crippen LogP contribution in [0.3, 0.4) is 0 Å². The van der Waals surface area contributed by atoms with Crippen molar-refractivity contribution in [2.24, 2.45) is 5.92 Å². The van der Waals surface area contributed by atoms with E-state index in [2.05, 4.69) is 0 Å². The van der Waals surface area contributed by atoms with Crippen molar-refractivity contribution in [3.8, 4) is 0 Å². The lowest BCUT2D eigenvalue weighted by Gasteiger charge is -1.89. The SMILES string of the molecule is CC(C)CC=O.O=S(O)O. The summed E-state index contributed by atoms with van der Waals surface area (Å²) in [6, 6.07) is 0. The minimum absolute atomic E-state index is 0.530. The molecule has 0 bridgehead atoms. The van der Waals surface area contributed by atoms with E-state index in [0.29, 0.717) is 12.3 Å². The molecule has 0 rings (SSSR count). The fourth-order valence-electron chi connectivity index (χ4n) is 0.192. The number of carbonyl (C=O) groups excluding carboxylic acids is 1. The van der Waals surface area contributed by atoms with Gasteiger partial charge in [0, 0.05) is 6.42 Å². The highest BCUT2D eigenvalue weighted by Gasteiger charge is 1.85. The first-order valence-electron chi connectivity index (χ1n) is 2.74. The van der Waals surface area contributed by atoms with Gasteiger partial charge in [0.25, 0.3) is 11.4 Å². The largest absolute Gasteiger partial charge is 0.303 e. The average Bonchev–Trinajstić information content (AvgIpc) is 1.62. The lowest BCUT2D eigenvalue weighted by molar-refractivity contribution is -0.108. The Morgan fingerprint density at radius 2 is 1.80 bits per heavy atom. The molecule has 0 aliphatic rings. The van der Waals surface area contributed by atoms with E-state index in [-0.39, 0.29) is 0 Å². The highest BCUT2D eigenvalue weighted by atomic mass is 32.2. The molecule has 0 saturated heterocycles. The number of hydrogen-bond donors (Lipinski definition) is 2. The minimum atomic E-state index is -2.61. The molecule has 4 nitrogen and oxygen atoms in total. The van der Waals surface area contributed by atoms with Crippen molar-refractivity contribution in [1.82, 2.24) is 0 Å². The van der Waals surface area contributed by atoms with Gasteiger partial charge >= 0.3 is 0 Å². The monoisotopic (exact) mass is 168 g/mol. The molecule has 0 aromatic rings. The van der Waals surface area contributed by atoms with Crippen LogP contribution < -0.4 is 0 Å². The highest BCUT2D eigenvalue weighted by Crippen LogP contribution is 1.92. The van der Waals surface area contributed by atoms with Crippen LogP contribution in [0.5, 0.6) is 0 Å². The van der Waals surface area contributed by atoms with Crippen LogP contribution in [-0.4, -0.2) is 19.6 Å². The van der Waals surface area contributed by atoms with E-state index in [1.165, 1.54) is 0 Å². The zero-order valence-electron chi connectivity index (χ0n) is 5.98. The maximum atomic E-state index is 9.62. The van der Waals surface area contributed by atoms with Gasteiger partial charge in [-0.1, -0.05) is 13.8 Å². The molecule has 0 spiro atoms. The molecular weight excluding hydrogens is 156 g/mol. The van der Waals surface area contributed by atoms with Crippen molar-refractivity contribution in [1.29, 1.82) is 0 Å². The molecule has 2 N–H and O–H groups in total. The second-order valence-corrected chi connectivity index (χ2v) is 2.49. The van der Waals surface area contributed by atoms with E-state index in [1.54, 1.807) is 0 Å². The predicted octanol–water partition coefficient (Wildman–Crippen LogP) is 0.913. The molecule has 0 heterocycles. The van der Waals surface area contributed by atoms with Gasteiger partial charge in [0.1, 0.15) is 6.29 Å². The number of rotatable bonds is 2. The molecule has 62 valence electrons. The van der Waals surface area contributed by atoms with Gasteiger partial charge in [-0.3, -0.25) is 9.11 Å².